The Hall–Kier alpha value is -1.96. The van der Waals surface area contributed by atoms with E-state index in [0.29, 0.717) is 0 Å². The Morgan fingerprint density at radius 2 is 1.86 bits per heavy atom. The van der Waals surface area contributed by atoms with E-state index >= 15 is 0 Å². The molecule has 0 amide bonds. The van der Waals surface area contributed by atoms with E-state index in [-0.39, 0.29) is 11.3 Å². The maximum atomic E-state index is 12.9. The van der Waals surface area contributed by atoms with E-state index in [4.69, 9.17) is 0 Å². The summed E-state index contributed by atoms with van der Waals surface area (Å²) in [4.78, 5) is 7.67. The molecule has 1 heterocycles. The Bertz CT molecular complexity index is 746. The van der Waals surface area contributed by atoms with Crippen LogP contribution in [0.15, 0.2) is 42.9 Å². The quantitative estimate of drug-likeness (QED) is 0.864. The van der Waals surface area contributed by atoms with Gasteiger partial charge in [-0.15, -0.1) is 0 Å². The van der Waals surface area contributed by atoms with E-state index in [0.717, 1.165) is 6.07 Å². The zero-order valence-corrected chi connectivity index (χ0v) is 12.4. The van der Waals surface area contributed by atoms with Gasteiger partial charge in [0.2, 0.25) is 0 Å². The fourth-order valence-electron chi connectivity index (χ4n) is 1.97. The summed E-state index contributed by atoms with van der Waals surface area (Å²) in [6.07, 6.45) is -0.577. The number of aromatic nitrogens is 2. The van der Waals surface area contributed by atoms with Crippen molar-refractivity contribution in [2.24, 2.45) is 0 Å². The van der Waals surface area contributed by atoms with Gasteiger partial charge in [0.15, 0.2) is 9.84 Å². The van der Waals surface area contributed by atoms with Crippen molar-refractivity contribution in [3.05, 3.63) is 59.7 Å². The molecule has 118 valence electrons. The van der Waals surface area contributed by atoms with Crippen LogP contribution in [0, 0.1) is 0 Å². The van der Waals surface area contributed by atoms with Gasteiger partial charge in [0.1, 0.15) is 5.25 Å². The molecule has 1 unspecified atom stereocenters. The standard InChI is InChI=1S/C14H13F3N2O2S/c1-10(13-8-18-6-7-19-13)22(20,21)9-11-4-2-3-5-12(11)14(15,16)17/h2-8,10H,9H2,1H3. The highest BCUT2D eigenvalue weighted by atomic mass is 32.2. The molecule has 1 aromatic carbocycles. The molecule has 8 heteroatoms. The third-order valence-electron chi connectivity index (χ3n) is 3.22. The second kappa shape index (κ2) is 6.04. The van der Waals surface area contributed by atoms with E-state index in [1.54, 1.807) is 0 Å². The summed E-state index contributed by atoms with van der Waals surface area (Å²) in [6.45, 7) is 1.38. The van der Waals surface area contributed by atoms with Crippen LogP contribution in [0.4, 0.5) is 13.2 Å². The number of benzene rings is 1. The molecule has 2 rings (SSSR count). The Kier molecular flexibility index (Phi) is 4.50. The zero-order chi connectivity index (χ0) is 16.4. The summed E-state index contributed by atoms with van der Waals surface area (Å²) >= 11 is 0. The molecule has 22 heavy (non-hydrogen) atoms. The predicted molar refractivity (Wildman–Crippen MR) is 74.5 cm³/mol. The number of alkyl halides is 3. The lowest BCUT2D eigenvalue weighted by Crippen LogP contribution is -2.17. The van der Waals surface area contributed by atoms with Crippen LogP contribution in [0.25, 0.3) is 0 Å². The van der Waals surface area contributed by atoms with Crippen molar-refractivity contribution in [2.45, 2.75) is 24.1 Å². The fourth-order valence-corrected chi connectivity index (χ4v) is 3.39. The van der Waals surface area contributed by atoms with Gasteiger partial charge in [-0.25, -0.2) is 8.42 Å². The van der Waals surface area contributed by atoms with Gasteiger partial charge in [-0.3, -0.25) is 9.97 Å². The molecule has 0 N–H and O–H groups in total. The lowest BCUT2D eigenvalue weighted by Gasteiger charge is -2.15. The van der Waals surface area contributed by atoms with Crippen molar-refractivity contribution in [2.75, 3.05) is 0 Å². The molecule has 0 radical (unpaired) electrons. The second-order valence-electron chi connectivity index (χ2n) is 4.73. The van der Waals surface area contributed by atoms with E-state index in [9.17, 15) is 21.6 Å². The maximum absolute atomic E-state index is 12.9. The Morgan fingerprint density at radius 3 is 2.45 bits per heavy atom. The van der Waals surface area contributed by atoms with Gasteiger partial charge in [-0.1, -0.05) is 18.2 Å². The van der Waals surface area contributed by atoms with E-state index in [1.165, 1.54) is 43.7 Å². The van der Waals surface area contributed by atoms with E-state index < -0.39 is 32.6 Å². The molecule has 4 nitrogen and oxygen atoms in total. The van der Waals surface area contributed by atoms with Gasteiger partial charge >= 0.3 is 6.18 Å². The van der Waals surface area contributed by atoms with Crippen LogP contribution < -0.4 is 0 Å². The first-order valence-corrected chi connectivity index (χ1v) is 8.06. The van der Waals surface area contributed by atoms with Gasteiger partial charge < -0.3 is 0 Å². The zero-order valence-electron chi connectivity index (χ0n) is 11.6. The summed E-state index contributed by atoms with van der Waals surface area (Å²) < 4.78 is 63.5. The largest absolute Gasteiger partial charge is 0.416 e. The SMILES string of the molecule is CC(c1cnccn1)S(=O)(=O)Cc1ccccc1C(F)(F)F. The summed E-state index contributed by atoms with van der Waals surface area (Å²) in [7, 11) is -3.85. The van der Waals surface area contributed by atoms with E-state index in [1.807, 2.05) is 0 Å². The number of hydrogen-bond acceptors (Lipinski definition) is 4. The summed E-state index contributed by atoms with van der Waals surface area (Å²) in [5.41, 5.74) is -1.01. The van der Waals surface area contributed by atoms with Gasteiger partial charge in [-0.2, -0.15) is 13.2 Å². The highest BCUT2D eigenvalue weighted by molar-refractivity contribution is 7.90. The minimum Gasteiger partial charge on any atom is -0.261 e. The summed E-state index contributed by atoms with van der Waals surface area (Å²) in [5.74, 6) is -0.708. The van der Waals surface area contributed by atoms with Crippen LogP contribution in [0.3, 0.4) is 0 Å². The molecule has 0 aliphatic carbocycles. The monoisotopic (exact) mass is 330 g/mol. The Morgan fingerprint density at radius 1 is 1.18 bits per heavy atom. The summed E-state index contributed by atoms with van der Waals surface area (Å²) in [5, 5.41) is -1.04. The van der Waals surface area contributed by atoms with Crippen molar-refractivity contribution in [1.82, 2.24) is 9.97 Å². The van der Waals surface area contributed by atoms with Gasteiger partial charge in [-0.05, 0) is 18.6 Å². The molecule has 1 aromatic heterocycles. The second-order valence-corrected chi connectivity index (χ2v) is 7.06. The molecule has 1 atom stereocenters. The van der Waals surface area contributed by atoms with Crippen molar-refractivity contribution in [1.29, 1.82) is 0 Å². The Balaban J connectivity index is 2.34. The van der Waals surface area contributed by atoms with Crippen LogP contribution in [0.1, 0.15) is 29.0 Å². The first-order chi connectivity index (χ1) is 10.2. The molecular formula is C14H13F3N2O2S. The van der Waals surface area contributed by atoms with Crippen LogP contribution in [0.5, 0.6) is 0 Å². The molecule has 0 bridgehead atoms. The van der Waals surface area contributed by atoms with Crippen molar-refractivity contribution < 1.29 is 21.6 Å². The number of rotatable bonds is 4. The van der Waals surface area contributed by atoms with Crippen molar-refractivity contribution >= 4 is 9.84 Å². The third-order valence-corrected chi connectivity index (χ3v) is 5.25. The normalized spacial score (nSPS) is 13.8. The Labute approximate surface area is 126 Å². The highest BCUT2D eigenvalue weighted by Crippen LogP contribution is 2.34. The highest BCUT2D eigenvalue weighted by Gasteiger charge is 2.35. The predicted octanol–water partition coefficient (Wildman–Crippen LogP) is 3.17. The van der Waals surface area contributed by atoms with Crippen LogP contribution in [-0.2, 0) is 21.8 Å². The lowest BCUT2D eigenvalue weighted by molar-refractivity contribution is -0.138. The molecule has 0 saturated carbocycles. The maximum Gasteiger partial charge on any atom is 0.416 e. The lowest BCUT2D eigenvalue weighted by atomic mass is 10.1. The van der Waals surface area contributed by atoms with Crippen LogP contribution >= 0.6 is 0 Å². The number of halogens is 3. The van der Waals surface area contributed by atoms with E-state index in [2.05, 4.69) is 9.97 Å². The smallest absolute Gasteiger partial charge is 0.261 e. The average molecular weight is 330 g/mol. The fraction of sp³-hybridized carbons (Fsp3) is 0.286. The molecule has 2 aromatic rings. The summed E-state index contributed by atoms with van der Waals surface area (Å²) in [6, 6.07) is 4.65. The molecular weight excluding hydrogens is 317 g/mol. The molecule has 0 aliphatic rings. The molecule has 0 fully saturated rings. The van der Waals surface area contributed by atoms with Crippen molar-refractivity contribution in [3.8, 4) is 0 Å². The minimum absolute atomic E-state index is 0.201. The molecule has 0 aliphatic heterocycles. The first kappa shape index (κ1) is 16.4. The van der Waals surface area contributed by atoms with Crippen LogP contribution in [0.2, 0.25) is 0 Å². The van der Waals surface area contributed by atoms with Gasteiger partial charge in [0, 0.05) is 18.6 Å². The number of sulfone groups is 1. The third kappa shape index (κ3) is 3.62. The topological polar surface area (TPSA) is 59.9 Å². The first-order valence-electron chi connectivity index (χ1n) is 6.34. The van der Waals surface area contributed by atoms with Crippen molar-refractivity contribution in [3.63, 3.8) is 0 Å². The molecule has 0 saturated heterocycles. The van der Waals surface area contributed by atoms with Gasteiger partial charge in [0.05, 0.1) is 17.0 Å². The average Bonchev–Trinajstić information content (AvgIpc) is 2.46. The molecule has 0 spiro atoms. The number of nitrogens with zero attached hydrogens (tertiary/aromatic N) is 2. The van der Waals surface area contributed by atoms with Gasteiger partial charge in [0.25, 0.3) is 0 Å². The number of hydrogen-bond donors (Lipinski definition) is 0. The minimum atomic E-state index is -4.60. The van der Waals surface area contributed by atoms with Crippen LogP contribution in [-0.4, -0.2) is 18.4 Å².